The molecule has 1 saturated heterocycles. The molecule has 1 aliphatic carbocycles. The molecule has 1 unspecified atom stereocenters. The third-order valence-electron chi connectivity index (χ3n) is 4.91. The molecule has 0 bridgehead atoms. The van der Waals surface area contributed by atoms with E-state index < -0.39 is 0 Å². The summed E-state index contributed by atoms with van der Waals surface area (Å²) in [6.45, 7) is 4.53. The topological polar surface area (TPSA) is 28.2 Å². The van der Waals surface area contributed by atoms with Gasteiger partial charge in [-0.15, -0.1) is 0 Å². The van der Waals surface area contributed by atoms with Gasteiger partial charge in [-0.2, -0.15) is 0 Å². The van der Waals surface area contributed by atoms with Crippen molar-refractivity contribution in [3.05, 3.63) is 28.5 Å². The molecule has 0 spiro atoms. The van der Waals surface area contributed by atoms with Gasteiger partial charge >= 0.3 is 0 Å². The van der Waals surface area contributed by atoms with Crippen molar-refractivity contribution in [1.29, 1.82) is 0 Å². The van der Waals surface area contributed by atoms with E-state index in [0.717, 1.165) is 16.9 Å². The quantitative estimate of drug-likeness (QED) is 0.901. The van der Waals surface area contributed by atoms with E-state index >= 15 is 0 Å². The molecule has 0 aromatic carbocycles. The van der Waals surface area contributed by atoms with Gasteiger partial charge in [-0.3, -0.25) is 9.88 Å². The molecule has 1 atom stereocenters. The van der Waals surface area contributed by atoms with Crippen molar-refractivity contribution in [2.45, 2.75) is 51.1 Å². The summed E-state index contributed by atoms with van der Waals surface area (Å²) >= 11 is 3.46. The van der Waals surface area contributed by atoms with E-state index in [-0.39, 0.29) is 0 Å². The van der Waals surface area contributed by atoms with E-state index in [1.807, 2.05) is 6.20 Å². The molecular weight excluding hydrogens is 326 g/mol. The highest BCUT2D eigenvalue weighted by Gasteiger charge is 2.26. The second-order valence-corrected chi connectivity index (χ2v) is 7.43. The Morgan fingerprint density at radius 3 is 2.81 bits per heavy atom. The van der Waals surface area contributed by atoms with Crippen LogP contribution in [-0.4, -0.2) is 35.6 Å². The van der Waals surface area contributed by atoms with Gasteiger partial charge in [0.1, 0.15) is 0 Å². The monoisotopic (exact) mass is 351 g/mol. The predicted octanol–water partition coefficient (Wildman–Crippen LogP) is 3.59. The summed E-state index contributed by atoms with van der Waals surface area (Å²) in [5, 5.41) is 3.81. The fraction of sp³-hybridized carbons (Fsp3) is 0.706. The number of nitrogens with one attached hydrogen (secondary N) is 1. The number of hydrogen-bond donors (Lipinski definition) is 1. The molecule has 1 aromatic heterocycles. The summed E-state index contributed by atoms with van der Waals surface area (Å²) in [4.78, 5) is 7.12. The summed E-state index contributed by atoms with van der Waals surface area (Å²) in [6.07, 6.45) is 10.3. The first-order chi connectivity index (χ1) is 10.3. The first-order valence-corrected chi connectivity index (χ1v) is 9.17. The van der Waals surface area contributed by atoms with E-state index in [0.29, 0.717) is 6.04 Å². The SMILES string of the molecule is Brc1ccc(CN2CCCNC(C3CCCCC3)C2)nc1. The molecule has 1 saturated carbocycles. The van der Waals surface area contributed by atoms with Gasteiger partial charge < -0.3 is 5.32 Å². The lowest BCUT2D eigenvalue weighted by Crippen LogP contribution is -2.43. The highest BCUT2D eigenvalue weighted by Crippen LogP contribution is 2.27. The molecule has 0 radical (unpaired) electrons. The molecule has 3 rings (SSSR count). The number of halogens is 1. The van der Waals surface area contributed by atoms with E-state index in [4.69, 9.17) is 0 Å². The lowest BCUT2D eigenvalue weighted by Gasteiger charge is -2.32. The first kappa shape index (κ1) is 15.4. The van der Waals surface area contributed by atoms with Crippen LogP contribution >= 0.6 is 15.9 Å². The van der Waals surface area contributed by atoms with Crippen molar-refractivity contribution < 1.29 is 0 Å². The van der Waals surface area contributed by atoms with E-state index in [1.165, 1.54) is 63.9 Å². The summed E-state index contributed by atoms with van der Waals surface area (Å²) in [5.74, 6) is 0.886. The summed E-state index contributed by atoms with van der Waals surface area (Å²) in [6, 6.07) is 4.91. The van der Waals surface area contributed by atoms with Gasteiger partial charge in [0.05, 0.1) is 5.69 Å². The maximum absolute atomic E-state index is 4.53. The number of pyridine rings is 1. The molecule has 4 heteroatoms. The summed E-state index contributed by atoms with van der Waals surface area (Å²) in [5.41, 5.74) is 1.18. The van der Waals surface area contributed by atoms with Crippen molar-refractivity contribution in [2.24, 2.45) is 5.92 Å². The minimum Gasteiger partial charge on any atom is -0.312 e. The minimum absolute atomic E-state index is 0.684. The largest absolute Gasteiger partial charge is 0.312 e. The van der Waals surface area contributed by atoms with Crippen LogP contribution in [0.1, 0.15) is 44.2 Å². The highest BCUT2D eigenvalue weighted by atomic mass is 79.9. The Kier molecular flexibility index (Phi) is 5.67. The van der Waals surface area contributed by atoms with Crippen LogP contribution in [0.2, 0.25) is 0 Å². The van der Waals surface area contributed by atoms with Crippen molar-refractivity contribution in [3.8, 4) is 0 Å². The van der Waals surface area contributed by atoms with Crippen LogP contribution in [-0.2, 0) is 6.54 Å². The smallest absolute Gasteiger partial charge is 0.0544 e. The highest BCUT2D eigenvalue weighted by molar-refractivity contribution is 9.10. The van der Waals surface area contributed by atoms with Crippen molar-refractivity contribution in [1.82, 2.24) is 15.2 Å². The van der Waals surface area contributed by atoms with Crippen molar-refractivity contribution >= 4 is 15.9 Å². The average molecular weight is 352 g/mol. The number of nitrogens with zero attached hydrogens (tertiary/aromatic N) is 2. The zero-order valence-corrected chi connectivity index (χ0v) is 14.3. The molecule has 116 valence electrons. The van der Waals surface area contributed by atoms with Crippen LogP contribution in [0.5, 0.6) is 0 Å². The van der Waals surface area contributed by atoms with E-state index in [1.54, 1.807) is 0 Å². The van der Waals surface area contributed by atoms with Gasteiger partial charge in [0, 0.05) is 29.8 Å². The molecule has 3 nitrogen and oxygen atoms in total. The minimum atomic E-state index is 0.684. The van der Waals surface area contributed by atoms with Gasteiger partial charge in [-0.1, -0.05) is 19.3 Å². The van der Waals surface area contributed by atoms with Crippen LogP contribution in [0.15, 0.2) is 22.8 Å². The molecule has 1 aromatic rings. The normalized spacial score (nSPS) is 25.7. The Labute approximate surface area is 136 Å². The van der Waals surface area contributed by atoms with Crippen molar-refractivity contribution in [2.75, 3.05) is 19.6 Å². The standard InChI is InChI=1S/C17H26BrN3/c18-15-7-8-16(20-11-15)12-21-10-4-9-19-17(13-21)14-5-2-1-3-6-14/h7-8,11,14,17,19H,1-6,9-10,12-13H2. The van der Waals surface area contributed by atoms with E-state index in [9.17, 15) is 0 Å². The number of rotatable bonds is 3. The summed E-state index contributed by atoms with van der Waals surface area (Å²) in [7, 11) is 0. The predicted molar refractivity (Wildman–Crippen MR) is 90.2 cm³/mol. The maximum Gasteiger partial charge on any atom is 0.0544 e. The van der Waals surface area contributed by atoms with E-state index in [2.05, 4.69) is 43.3 Å². The molecule has 1 N–H and O–H groups in total. The van der Waals surface area contributed by atoms with Crippen LogP contribution in [0.4, 0.5) is 0 Å². The van der Waals surface area contributed by atoms with Gasteiger partial charge in [0.2, 0.25) is 0 Å². The van der Waals surface area contributed by atoms with Crippen LogP contribution in [0.25, 0.3) is 0 Å². The second-order valence-electron chi connectivity index (χ2n) is 6.52. The Bertz CT molecular complexity index is 428. The fourth-order valence-corrected chi connectivity index (χ4v) is 3.98. The van der Waals surface area contributed by atoms with Gasteiger partial charge in [0.15, 0.2) is 0 Å². The lowest BCUT2D eigenvalue weighted by molar-refractivity contribution is 0.200. The Morgan fingerprint density at radius 2 is 2.05 bits per heavy atom. The van der Waals surface area contributed by atoms with Crippen LogP contribution < -0.4 is 5.32 Å². The molecule has 0 amide bonds. The average Bonchev–Trinajstić information content (AvgIpc) is 2.76. The fourth-order valence-electron chi connectivity index (χ4n) is 3.75. The molecule has 2 heterocycles. The number of aromatic nitrogens is 1. The van der Waals surface area contributed by atoms with Gasteiger partial charge in [0.25, 0.3) is 0 Å². The molecular formula is C17H26BrN3. The third kappa shape index (κ3) is 4.51. The third-order valence-corrected chi connectivity index (χ3v) is 5.37. The zero-order chi connectivity index (χ0) is 14.5. The first-order valence-electron chi connectivity index (χ1n) is 8.37. The molecule has 21 heavy (non-hydrogen) atoms. The van der Waals surface area contributed by atoms with Gasteiger partial charge in [-0.25, -0.2) is 0 Å². The van der Waals surface area contributed by atoms with Crippen LogP contribution in [0.3, 0.4) is 0 Å². The summed E-state index contributed by atoms with van der Waals surface area (Å²) < 4.78 is 1.06. The maximum atomic E-state index is 4.53. The molecule has 1 aliphatic heterocycles. The Hall–Kier alpha value is -0.450. The zero-order valence-electron chi connectivity index (χ0n) is 12.7. The molecule has 2 aliphatic rings. The second kappa shape index (κ2) is 7.70. The van der Waals surface area contributed by atoms with Gasteiger partial charge in [-0.05, 0) is 66.3 Å². The Balaban J connectivity index is 1.60. The molecule has 2 fully saturated rings. The number of hydrogen-bond acceptors (Lipinski definition) is 3. The van der Waals surface area contributed by atoms with Crippen molar-refractivity contribution in [3.63, 3.8) is 0 Å². The Morgan fingerprint density at radius 1 is 1.19 bits per heavy atom. The lowest BCUT2D eigenvalue weighted by atomic mass is 9.83. The van der Waals surface area contributed by atoms with Crippen LogP contribution in [0, 0.1) is 5.92 Å².